The quantitative estimate of drug-likeness (QED) is 0.860. The average molecular weight is 333 g/mol. The van der Waals surface area contributed by atoms with E-state index in [4.69, 9.17) is 5.73 Å². The summed E-state index contributed by atoms with van der Waals surface area (Å²) in [5, 5.41) is 0. The number of ketones is 1. The number of hydrogen-bond acceptors (Lipinski definition) is 3. The Kier molecular flexibility index (Phi) is 6.90. The fraction of sp³-hybridized carbons (Fsp3) is 0.467. The van der Waals surface area contributed by atoms with E-state index in [1.165, 1.54) is 0 Å². The van der Waals surface area contributed by atoms with E-state index in [0.29, 0.717) is 19.2 Å². The molecule has 7 heteroatoms. The van der Waals surface area contributed by atoms with Crippen LogP contribution in [0, 0.1) is 11.6 Å². The minimum absolute atomic E-state index is 0. The Morgan fingerprint density at radius 2 is 1.82 bits per heavy atom. The topological polar surface area (TPSA) is 63.4 Å². The summed E-state index contributed by atoms with van der Waals surface area (Å²) in [4.78, 5) is 25.5. The molecule has 1 fully saturated rings. The van der Waals surface area contributed by atoms with Crippen LogP contribution in [0.25, 0.3) is 0 Å². The molecule has 0 radical (unpaired) electrons. The van der Waals surface area contributed by atoms with Crippen molar-refractivity contribution >= 4 is 24.1 Å². The summed E-state index contributed by atoms with van der Waals surface area (Å²) in [5.74, 6) is -2.24. The Bertz CT molecular complexity index is 546. The standard InChI is InChI=1S/C15H18F2N2O2.ClH/c16-10-1-2-12(13(17)9-10)14(20)3-4-15(21)19-7-5-11(18)6-8-19;/h1-2,9,11H,3-8,18H2;1H. The maximum Gasteiger partial charge on any atom is 0.223 e. The molecule has 2 N–H and O–H groups in total. The molecular weight excluding hydrogens is 314 g/mol. The predicted octanol–water partition coefficient (Wildman–Crippen LogP) is 2.30. The average Bonchev–Trinajstić information content (AvgIpc) is 2.45. The summed E-state index contributed by atoms with van der Waals surface area (Å²) < 4.78 is 26.2. The number of halogens is 3. The highest BCUT2D eigenvalue weighted by atomic mass is 35.5. The monoisotopic (exact) mass is 332 g/mol. The zero-order valence-corrected chi connectivity index (χ0v) is 12.9. The van der Waals surface area contributed by atoms with E-state index in [1.807, 2.05) is 0 Å². The molecule has 0 saturated carbocycles. The van der Waals surface area contributed by atoms with Crippen LogP contribution in [0.2, 0.25) is 0 Å². The predicted molar refractivity (Wildman–Crippen MR) is 81.0 cm³/mol. The van der Waals surface area contributed by atoms with E-state index in [1.54, 1.807) is 4.90 Å². The molecule has 0 spiro atoms. The van der Waals surface area contributed by atoms with E-state index < -0.39 is 17.4 Å². The van der Waals surface area contributed by atoms with Gasteiger partial charge in [-0.15, -0.1) is 12.4 Å². The van der Waals surface area contributed by atoms with Crippen LogP contribution in [0.5, 0.6) is 0 Å². The van der Waals surface area contributed by atoms with Gasteiger partial charge in [0.25, 0.3) is 0 Å². The molecule has 0 unspecified atom stereocenters. The number of likely N-dealkylation sites (tertiary alicyclic amines) is 1. The first-order chi connectivity index (χ1) is 9.97. The van der Waals surface area contributed by atoms with E-state index in [0.717, 1.165) is 25.0 Å². The minimum atomic E-state index is -0.892. The Balaban J connectivity index is 0.00000242. The maximum atomic E-state index is 13.5. The molecule has 1 heterocycles. The second-order valence-electron chi connectivity index (χ2n) is 5.27. The van der Waals surface area contributed by atoms with E-state index in [-0.39, 0.29) is 42.8 Å². The second kappa shape index (κ2) is 8.19. The second-order valence-corrected chi connectivity index (χ2v) is 5.27. The number of benzene rings is 1. The van der Waals surface area contributed by atoms with Crippen LogP contribution in [-0.2, 0) is 4.79 Å². The lowest BCUT2D eigenvalue weighted by atomic mass is 10.0. The molecule has 4 nitrogen and oxygen atoms in total. The van der Waals surface area contributed by atoms with Crippen LogP contribution >= 0.6 is 12.4 Å². The number of nitrogens with two attached hydrogens (primary N) is 1. The molecule has 1 aromatic carbocycles. The van der Waals surface area contributed by atoms with Crippen LogP contribution in [0.1, 0.15) is 36.0 Å². The van der Waals surface area contributed by atoms with Gasteiger partial charge in [-0.05, 0) is 25.0 Å². The maximum absolute atomic E-state index is 13.5. The normalized spacial score (nSPS) is 15.3. The number of rotatable bonds is 4. The third-order valence-corrected chi connectivity index (χ3v) is 3.69. The highest BCUT2D eigenvalue weighted by Crippen LogP contribution is 2.15. The number of nitrogens with zero attached hydrogens (tertiary/aromatic N) is 1. The van der Waals surface area contributed by atoms with Crippen LogP contribution in [-0.4, -0.2) is 35.7 Å². The zero-order valence-electron chi connectivity index (χ0n) is 12.1. The van der Waals surface area contributed by atoms with Gasteiger partial charge in [-0.1, -0.05) is 0 Å². The fourth-order valence-corrected chi connectivity index (χ4v) is 2.38. The van der Waals surface area contributed by atoms with E-state index >= 15 is 0 Å². The SMILES string of the molecule is Cl.NC1CCN(C(=O)CCC(=O)c2ccc(F)cc2F)CC1. The molecule has 0 aliphatic carbocycles. The minimum Gasteiger partial charge on any atom is -0.343 e. The van der Waals surface area contributed by atoms with Crippen molar-refractivity contribution in [3.63, 3.8) is 0 Å². The summed E-state index contributed by atoms with van der Waals surface area (Å²) in [6, 6.07) is 2.94. The first kappa shape index (κ1) is 18.5. The summed E-state index contributed by atoms with van der Waals surface area (Å²) in [6.45, 7) is 1.19. The first-order valence-electron chi connectivity index (χ1n) is 6.99. The number of carbonyl (C=O) groups excluding carboxylic acids is 2. The van der Waals surface area contributed by atoms with Gasteiger partial charge in [-0.2, -0.15) is 0 Å². The molecule has 22 heavy (non-hydrogen) atoms. The van der Waals surface area contributed by atoms with Gasteiger partial charge in [0.2, 0.25) is 5.91 Å². The van der Waals surface area contributed by atoms with Gasteiger partial charge in [0.05, 0.1) is 5.56 Å². The first-order valence-corrected chi connectivity index (χ1v) is 6.99. The zero-order chi connectivity index (χ0) is 15.4. The van der Waals surface area contributed by atoms with Gasteiger partial charge >= 0.3 is 0 Å². The Morgan fingerprint density at radius 1 is 1.18 bits per heavy atom. The van der Waals surface area contributed by atoms with Crippen LogP contribution < -0.4 is 5.73 Å². The van der Waals surface area contributed by atoms with Gasteiger partial charge < -0.3 is 10.6 Å². The molecule has 1 amide bonds. The highest BCUT2D eigenvalue weighted by Gasteiger charge is 2.21. The summed E-state index contributed by atoms with van der Waals surface area (Å²) >= 11 is 0. The Morgan fingerprint density at radius 3 is 2.41 bits per heavy atom. The van der Waals surface area contributed by atoms with Crippen molar-refractivity contribution in [3.8, 4) is 0 Å². The van der Waals surface area contributed by atoms with Crippen LogP contribution in [0.15, 0.2) is 18.2 Å². The molecule has 1 saturated heterocycles. The molecule has 1 aliphatic rings. The third-order valence-electron chi connectivity index (χ3n) is 3.69. The summed E-state index contributed by atoms with van der Waals surface area (Å²) in [7, 11) is 0. The number of carbonyl (C=O) groups is 2. The molecule has 0 bridgehead atoms. The summed E-state index contributed by atoms with van der Waals surface area (Å²) in [5.41, 5.74) is 5.58. The van der Waals surface area contributed by atoms with Crippen LogP contribution in [0.3, 0.4) is 0 Å². The fourth-order valence-electron chi connectivity index (χ4n) is 2.38. The number of Topliss-reactive ketones (excluding diaryl/α,β-unsaturated/α-hetero) is 1. The molecule has 122 valence electrons. The number of amides is 1. The van der Waals surface area contributed by atoms with Crippen molar-refractivity contribution in [3.05, 3.63) is 35.4 Å². The van der Waals surface area contributed by atoms with Crippen LogP contribution in [0.4, 0.5) is 8.78 Å². The molecule has 0 atom stereocenters. The lowest BCUT2D eigenvalue weighted by molar-refractivity contribution is -0.132. The largest absolute Gasteiger partial charge is 0.343 e. The smallest absolute Gasteiger partial charge is 0.223 e. The molecule has 0 aromatic heterocycles. The van der Waals surface area contributed by atoms with Gasteiger partial charge in [0.1, 0.15) is 11.6 Å². The molecular formula is C15H19ClF2N2O2. The lowest BCUT2D eigenvalue weighted by Gasteiger charge is -2.30. The number of hydrogen-bond donors (Lipinski definition) is 1. The molecule has 2 rings (SSSR count). The van der Waals surface area contributed by atoms with Crippen molar-refractivity contribution in [2.75, 3.05) is 13.1 Å². The van der Waals surface area contributed by atoms with E-state index in [9.17, 15) is 18.4 Å². The van der Waals surface area contributed by atoms with Crippen molar-refractivity contribution in [2.24, 2.45) is 5.73 Å². The van der Waals surface area contributed by atoms with Crippen molar-refractivity contribution < 1.29 is 18.4 Å². The van der Waals surface area contributed by atoms with Crippen molar-refractivity contribution in [1.82, 2.24) is 4.90 Å². The van der Waals surface area contributed by atoms with Crippen molar-refractivity contribution in [1.29, 1.82) is 0 Å². The Hall–Kier alpha value is -1.53. The van der Waals surface area contributed by atoms with Gasteiger partial charge in [0, 0.05) is 38.0 Å². The lowest BCUT2D eigenvalue weighted by Crippen LogP contribution is -2.42. The molecule has 1 aliphatic heterocycles. The van der Waals surface area contributed by atoms with E-state index in [2.05, 4.69) is 0 Å². The van der Waals surface area contributed by atoms with Gasteiger partial charge in [-0.3, -0.25) is 9.59 Å². The highest BCUT2D eigenvalue weighted by molar-refractivity contribution is 5.98. The molecule has 1 aromatic rings. The number of piperidine rings is 1. The van der Waals surface area contributed by atoms with Gasteiger partial charge in [0.15, 0.2) is 5.78 Å². The third kappa shape index (κ3) is 4.74. The van der Waals surface area contributed by atoms with Gasteiger partial charge in [-0.25, -0.2) is 8.78 Å². The summed E-state index contributed by atoms with van der Waals surface area (Å²) in [6.07, 6.45) is 1.47. The van der Waals surface area contributed by atoms with Crippen molar-refractivity contribution in [2.45, 2.75) is 31.7 Å². The Labute approximate surface area is 134 Å².